The lowest BCUT2D eigenvalue weighted by atomic mass is 10.2. The summed E-state index contributed by atoms with van der Waals surface area (Å²) in [7, 11) is 0. The molecule has 0 radical (unpaired) electrons. The molecule has 0 saturated carbocycles. The molecule has 0 aliphatic rings. The fourth-order valence-electron chi connectivity index (χ4n) is 2.30. The number of imidazole rings is 1. The van der Waals surface area contributed by atoms with Crippen LogP contribution in [0, 0.1) is 0 Å². The Hall–Kier alpha value is -2.29. The van der Waals surface area contributed by atoms with Crippen molar-refractivity contribution in [3.8, 4) is 11.4 Å². The van der Waals surface area contributed by atoms with Crippen LogP contribution in [0.15, 0.2) is 42.1 Å². The van der Waals surface area contributed by atoms with Crippen LogP contribution >= 0.6 is 11.8 Å². The molecule has 3 aromatic heterocycles. The van der Waals surface area contributed by atoms with E-state index in [1.54, 1.807) is 12.4 Å². The first-order valence-electron chi connectivity index (χ1n) is 7.47. The fraction of sp³-hybridized carbons (Fsp3) is 0.333. The summed E-state index contributed by atoms with van der Waals surface area (Å²) in [5, 5.41) is 9.16. The standard InChI is InChI=1S/C15H16F2N6S/c1-2-8-23-13(11-3-5-18-6-4-11)20-21-15(23)24-10-12-19-7-9-22(12)14(16)17/h3-7,9,14H,2,8,10H2,1H3. The van der Waals surface area contributed by atoms with E-state index in [1.807, 2.05) is 16.7 Å². The van der Waals surface area contributed by atoms with Gasteiger partial charge in [0.15, 0.2) is 11.0 Å². The predicted molar refractivity (Wildman–Crippen MR) is 86.6 cm³/mol. The van der Waals surface area contributed by atoms with Crippen molar-refractivity contribution in [1.29, 1.82) is 0 Å². The van der Waals surface area contributed by atoms with E-state index in [4.69, 9.17) is 0 Å². The Kier molecular flexibility index (Phi) is 5.19. The molecule has 0 aliphatic heterocycles. The highest BCUT2D eigenvalue weighted by atomic mass is 32.2. The summed E-state index contributed by atoms with van der Waals surface area (Å²) < 4.78 is 28.6. The Morgan fingerprint density at radius 3 is 2.67 bits per heavy atom. The molecule has 0 aliphatic carbocycles. The summed E-state index contributed by atoms with van der Waals surface area (Å²) >= 11 is 1.35. The number of pyridine rings is 1. The van der Waals surface area contributed by atoms with Gasteiger partial charge in [0.1, 0.15) is 5.82 Å². The molecule has 0 spiro atoms. The van der Waals surface area contributed by atoms with Gasteiger partial charge in [-0.3, -0.25) is 9.55 Å². The molecule has 3 heterocycles. The van der Waals surface area contributed by atoms with Crippen molar-refractivity contribution in [2.75, 3.05) is 0 Å². The highest BCUT2D eigenvalue weighted by Crippen LogP contribution is 2.27. The summed E-state index contributed by atoms with van der Waals surface area (Å²) in [5.41, 5.74) is 0.923. The summed E-state index contributed by atoms with van der Waals surface area (Å²) in [5.74, 6) is 1.36. The minimum absolute atomic E-state index is 0.301. The van der Waals surface area contributed by atoms with Crippen LogP contribution < -0.4 is 0 Å². The Morgan fingerprint density at radius 1 is 1.17 bits per heavy atom. The van der Waals surface area contributed by atoms with Gasteiger partial charge in [0.25, 0.3) is 0 Å². The van der Waals surface area contributed by atoms with Crippen molar-refractivity contribution in [3.63, 3.8) is 0 Å². The number of aromatic nitrogens is 6. The highest BCUT2D eigenvalue weighted by molar-refractivity contribution is 7.98. The summed E-state index contributed by atoms with van der Waals surface area (Å²) in [6.07, 6.45) is 6.97. The SMILES string of the molecule is CCCn1c(SCc2nccn2C(F)F)nnc1-c1ccncc1. The molecule has 0 aromatic carbocycles. The van der Waals surface area contributed by atoms with E-state index >= 15 is 0 Å². The highest BCUT2D eigenvalue weighted by Gasteiger charge is 2.16. The van der Waals surface area contributed by atoms with Gasteiger partial charge in [-0.25, -0.2) is 4.98 Å². The molecule has 9 heteroatoms. The average molecular weight is 350 g/mol. The number of halogens is 2. The first-order valence-corrected chi connectivity index (χ1v) is 8.45. The maximum Gasteiger partial charge on any atom is 0.319 e. The van der Waals surface area contributed by atoms with Gasteiger partial charge < -0.3 is 4.57 Å². The van der Waals surface area contributed by atoms with Gasteiger partial charge >= 0.3 is 6.55 Å². The van der Waals surface area contributed by atoms with E-state index in [1.165, 1.54) is 24.2 Å². The van der Waals surface area contributed by atoms with Crippen molar-refractivity contribution in [3.05, 3.63) is 42.7 Å². The topological polar surface area (TPSA) is 61.4 Å². The monoisotopic (exact) mass is 350 g/mol. The Bertz CT molecular complexity index is 786. The number of nitrogens with zero attached hydrogens (tertiary/aromatic N) is 6. The molecule has 0 saturated heterocycles. The summed E-state index contributed by atoms with van der Waals surface area (Å²) in [4.78, 5) is 7.99. The molecule has 126 valence electrons. The van der Waals surface area contributed by atoms with E-state index < -0.39 is 6.55 Å². The molecule has 0 atom stereocenters. The van der Waals surface area contributed by atoms with E-state index in [0.29, 0.717) is 16.7 Å². The fourth-order valence-corrected chi connectivity index (χ4v) is 3.21. The number of rotatable bonds is 7. The molecule has 0 unspecified atom stereocenters. The smallest absolute Gasteiger partial charge is 0.302 e. The Balaban J connectivity index is 1.83. The Morgan fingerprint density at radius 2 is 1.96 bits per heavy atom. The van der Waals surface area contributed by atoms with Gasteiger partial charge in [0.2, 0.25) is 0 Å². The maximum atomic E-state index is 12.9. The lowest BCUT2D eigenvalue weighted by molar-refractivity contribution is 0.0678. The maximum absolute atomic E-state index is 12.9. The molecule has 3 rings (SSSR count). The lowest BCUT2D eigenvalue weighted by Crippen LogP contribution is -2.04. The van der Waals surface area contributed by atoms with Gasteiger partial charge in [0.05, 0.1) is 5.75 Å². The molecule has 6 nitrogen and oxygen atoms in total. The third kappa shape index (κ3) is 3.45. The van der Waals surface area contributed by atoms with Crippen LogP contribution in [0.5, 0.6) is 0 Å². The van der Waals surface area contributed by atoms with Gasteiger partial charge in [0, 0.05) is 36.9 Å². The van der Waals surface area contributed by atoms with Crippen LogP contribution in [0.1, 0.15) is 25.7 Å². The largest absolute Gasteiger partial charge is 0.319 e. The van der Waals surface area contributed by atoms with E-state index in [9.17, 15) is 8.78 Å². The van der Waals surface area contributed by atoms with E-state index in [2.05, 4.69) is 27.1 Å². The molecule has 0 fully saturated rings. The van der Waals surface area contributed by atoms with Crippen molar-refractivity contribution >= 4 is 11.8 Å². The van der Waals surface area contributed by atoms with E-state index in [0.717, 1.165) is 28.9 Å². The number of alkyl halides is 2. The second-order valence-corrected chi connectivity index (χ2v) is 5.95. The average Bonchev–Trinajstić information content (AvgIpc) is 3.21. The predicted octanol–water partition coefficient (Wildman–Crippen LogP) is 3.63. The minimum Gasteiger partial charge on any atom is -0.302 e. The van der Waals surface area contributed by atoms with Gasteiger partial charge in [-0.15, -0.1) is 10.2 Å². The summed E-state index contributed by atoms with van der Waals surface area (Å²) in [6, 6.07) is 3.74. The first-order chi connectivity index (χ1) is 11.7. The minimum atomic E-state index is -2.59. The van der Waals surface area contributed by atoms with Crippen molar-refractivity contribution in [2.45, 2.75) is 37.3 Å². The third-order valence-corrected chi connectivity index (χ3v) is 4.35. The summed E-state index contributed by atoms with van der Waals surface area (Å²) in [6.45, 7) is 0.217. The normalized spacial score (nSPS) is 11.3. The molecular formula is C15H16F2N6S. The zero-order valence-corrected chi connectivity index (χ0v) is 13.8. The van der Waals surface area contributed by atoms with Crippen LogP contribution in [0.3, 0.4) is 0 Å². The van der Waals surface area contributed by atoms with Crippen LogP contribution in [-0.2, 0) is 12.3 Å². The zero-order valence-electron chi connectivity index (χ0n) is 13.0. The number of hydrogen-bond acceptors (Lipinski definition) is 5. The van der Waals surface area contributed by atoms with Crippen molar-refractivity contribution in [2.24, 2.45) is 0 Å². The van der Waals surface area contributed by atoms with Crippen LogP contribution in [-0.4, -0.2) is 29.3 Å². The molecule has 0 N–H and O–H groups in total. The Labute approximate surface area is 142 Å². The lowest BCUT2D eigenvalue weighted by Gasteiger charge is -2.09. The van der Waals surface area contributed by atoms with Crippen LogP contribution in [0.25, 0.3) is 11.4 Å². The van der Waals surface area contributed by atoms with Crippen LogP contribution in [0.2, 0.25) is 0 Å². The molecular weight excluding hydrogens is 334 g/mol. The first kappa shape index (κ1) is 16.6. The van der Waals surface area contributed by atoms with Gasteiger partial charge in [-0.05, 0) is 18.6 Å². The second-order valence-electron chi connectivity index (χ2n) is 5.01. The van der Waals surface area contributed by atoms with E-state index in [-0.39, 0.29) is 0 Å². The number of hydrogen-bond donors (Lipinski definition) is 0. The van der Waals surface area contributed by atoms with Gasteiger partial charge in [-0.1, -0.05) is 18.7 Å². The molecule has 0 bridgehead atoms. The van der Waals surface area contributed by atoms with Gasteiger partial charge in [-0.2, -0.15) is 8.78 Å². The third-order valence-electron chi connectivity index (χ3n) is 3.39. The van der Waals surface area contributed by atoms with Crippen molar-refractivity contribution < 1.29 is 8.78 Å². The number of thioether (sulfide) groups is 1. The second kappa shape index (κ2) is 7.52. The molecule has 3 aromatic rings. The quantitative estimate of drug-likeness (QED) is 0.609. The molecule has 24 heavy (non-hydrogen) atoms. The molecule has 0 amide bonds. The van der Waals surface area contributed by atoms with Crippen molar-refractivity contribution in [1.82, 2.24) is 29.3 Å². The van der Waals surface area contributed by atoms with Crippen LogP contribution in [0.4, 0.5) is 8.78 Å². The zero-order chi connectivity index (χ0) is 16.9.